The number of benzene rings is 1. The maximum absolute atomic E-state index is 11.7. The minimum absolute atomic E-state index is 0.0533. The lowest BCUT2D eigenvalue weighted by Crippen LogP contribution is -2.23. The van der Waals surface area contributed by atoms with Crippen LogP contribution in [0.4, 0.5) is 0 Å². The van der Waals surface area contributed by atoms with Crippen molar-refractivity contribution in [2.24, 2.45) is 5.14 Å². The van der Waals surface area contributed by atoms with E-state index in [4.69, 9.17) is 5.14 Å². The summed E-state index contributed by atoms with van der Waals surface area (Å²) >= 11 is 0. The summed E-state index contributed by atoms with van der Waals surface area (Å²) in [6.07, 6.45) is 4.42. The van der Waals surface area contributed by atoms with Gasteiger partial charge in [-0.3, -0.25) is 9.89 Å². The lowest BCUT2D eigenvalue weighted by Gasteiger charge is -2.05. The molecular formula is C13H16N4O3S. The Morgan fingerprint density at radius 2 is 1.95 bits per heavy atom. The van der Waals surface area contributed by atoms with Crippen LogP contribution >= 0.6 is 0 Å². The smallest absolute Gasteiger partial charge is 0.238 e. The molecule has 8 heteroatoms. The van der Waals surface area contributed by atoms with E-state index in [0.29, 0.717) is 19.4 Å². The zero-order valence-electron chi connectivity index (χ0n) is 11.2. The number of aromatic amines is 1. The van der Waals surface area contributed by atoms with Gasteiger partial charge in [-0.1, -0.05) is 12.1 Å². The Hall–Kier alpha value is -2.19. The number of hydrogen-bond donors (Lipinski definition) is 3. The number of sulfonamides is 1. The van der Waals surface area contributed by atoms with Gasteiger partial charge in [-0.15, -0.1) is 0 Å². The number of carbonyl (C=O) groups is 1. The van der Waals surface area contributed by atoms with Crippen molar-refractivity contribution in [2.75, 3.05) is 0 Å². The molecule has 7 nitrogen and oxygen atoms in total. The highest BCUT2D eigenvalue weighted by Gasteiger charge is 2.07. The van der Waals surface area contributed by atoms with E-state index in [2.05, 4.69) is 15.5 Å². The van der Waals surface area contributed by atoms with Gasteiger partial charge in [0, 0.05) is 19.2 Å². The van der Waals surface area contributed by atoms with E-state index in [9.17, 15) is 13.2 Å². The highest BCUT2D eigenvalue weighted by atomic mass is 32.2. The van der Waals surface area contributed by atoms with Crippen LogP contribution in [0.1, 0.15) is 17.5 Å². The molecule has 21 heavy (non-hydrogen) atoms. The van der Waals surface area contributed by atoms with Crippen molar-refractivity contribution in [1.29, 1.82) is 0 Å². The third-order valence-electron chi connectivity index (χ3n) is 2.94. The molecule has 0 fully saturated rings. The summed E-state index contributed by atoms with van der Waals surface area (Å²) in [6, 6.07) is 6.08. The normalized spacial score (nSPS) is 11.3. The van der Waals surface area contributed by atoms with Gasteiger partial charge in [-0.2, -0.15) is 5.10 Å². The van der Waals surface area contributed by atoms with Gasteiger partial charge in [0.25, 0.3) is 0 Å². The van der Waals surface area contributed by atoms with Crippen LogP contribution in [-0.4, -0.2) is 24.5 Å². The zero-order chi connectivity index (χ0) is 15.3. The standard InChI is InChI=1S/C13H16N4O3S/c14-21(19,20)12-4-1-10(2-5-12)7-15-13(18)6-3-11-8-16-17-9-11/h1-2,4-5,8-9H,3,6-7H2,(H,15,18)(H,16,17)(H2,14,19,20). The first kappa shape index (κ1) is 15.2. The van der Waals surface area contributed by atoms with Crippen LogP contribution < -0.4 is 10.5 Å². The Morgan fingerprint density at radius 3 is 2.52 bits per heavy atom. The molecule has 0 bridgehead atoms. The molecule has 0 radical (unpaired) electrons. The fourth-order valence-corrected chi connectivity index (χ4v) is 2.27. The molecule has 1 heterocycles. The van der Waals surface area contributed by atoms with Gasteiger partial charge in [0.1, 0.15) is 0 Å². The summed E-state index contributed by atoms with van der Waals surface area (Å²) in [5.74, 6) is -0.0771. The highest BCUT2D eigenvalue weighted by Crippen LogP contribution is 2.08. The van der Waals surface area contributed by atoms with E-state index in [1.54, 1.807) is 24.5 Å². The fraction of sp³-hybridized carbons (Fsp3) is 0.231. The molecule has 2 rings (SSSR count). The van der Waals surface area contributed by atoms with Gasteiger partial charge in [-0.25, -0.2) is 13.6 Å². The average Bonchev–Trinajstić information content (AvgIpc) is 2.95. The molecule has 0 aliphatic carbocycles. The Bertz CT molecular complexity index is 694. The molecule has 1 aromatic heterocycles. The van der Waals surface area contributed by atoms with Crippen LogP contribution in [0.25, 0.3) is 0 Å². The number of aryl methyl sites for hydroxylation is 1. The molecular weight excluding hydrogens is 292 g/mol. The van der Waals surface area contributed by atoms with Crippen LogP contribution in [0.3, 0.4) is 0 Å². The number of primary sulfonamides is 1. The second-order valence-electron chi connectivity index (χ2n) is 4.57. The summed E-state index contributed by atoms with van der Waals surface area (Å²) < 4.78 is 22.2. The first-order chi connectivity index (χ1) is 9.95. The van der Waals surface area contributed by atoms with Crippen LogP contribution in [0.5, 0.6) is 0 Å². The van der Waals surface area contributed by atoms with Crippen molar-refractivity contribution in [3.05, 3.63) is 47.8 Å². The summed E-state index contributed by atoms with van der Waals surface area (Å²) in [5, 5.41) is 14.3. The molecule has 0 aliphatic heterocycles. The number of rotatable bonds is 6. The predicted octanol–water partition coefficient (Wildman–Crippen LogP) is 0.306. The van der Waals surface area contributed by atoms with Gasteiger partial charge in [-0.05, 0) is 29.7 Å². The molecule has 0 saturated heterocycles. The molecule has 0 atom stereocenters. The lowest BCUT2D eigenvalue weighted by atomic mass is 10.2. The Kier molecular flexibility index (Phi) is 4.71. The fourth-order valence-electron chi connectivity index (χ4n) is 1.76. The maximum atomic E-state index is 11.7. The molecule has 4 N–H and O–H groups in total. The molecule has 0 saturated carbocycles. The molecule has 1 aromatic carbocycles. The average molecular weight is 308 g/mol. The number of nitrogens with two attached hydrogens (primary N) is 1. The van der Waals surface area contributed by atoms with E-state index in [1.807, 2.05) is 0 Å². The molecule has 1 amide bonds. The highest BCUT2D eigenvalue weighted by molar-refractivity contribution is 7.89. The van der Waals surface area contributed by atoms with Gasteiger partial charge in [0.2, 0.25) is 15.9 Å². The van der Waals surface area contributed by atoms with Crippen molar-refractivity contribution in [3.63, 3.8) is 0 Å². The van der Waals surface area contributed by atoms with Gasteiger partial charge in [0.15, 0.2) is 0 Å². The third-order valence-corrected chi connectivity index (χ3v) is 3.87. The number of amides is 1. The van der Waals surface area contributed by atoms with Crippen molar-refractivity contribution in [1.82, 2.24) is 15.5 Å². The number of H-pyrrole nitrogens is 1. The summed E-state index contributed by atoms with van der Waals surface area (Å²) in [4.78, 5) is 11.7. The number of carbonyl (C=O) groups excluding carboxylic acids is 1. The number of hydrogen-bond acceptors (Lipinski definition) is 4. The Labute approximate surface area is 122 Å². The first-order valence-electron chi connectivity index (χ1n) is 6.31. The van der Waals surface area contributed by atoms with E-state index in [0.717, 1.165) is 11.1 Å². The topological polar surface area (TPSA) is 118 Å². The summed E-state index contributed by atoms with van der Waals surface area (Å²) in [5.41, 5.74) is 1.78. The molecule has 2 aromatic rings. The minimum Gasteiger partial charge on any atom is -0.352 e. The largest absolute Gasteiger partial charge is 0.352 e. The third kappa shape index (κ3) is 4.69. The van der Waals surface area contributed by atoms with Crippen molar-refractivity contribution in [3.8, 4) is 0 Å². The van der Waals surface area contributed by atoms with Gasteiger partial charge in [0.05, 0.1) is 11.1 Å². The minimum atomic E-state index is -3.68. The Balaban J connectivity index is 1.81. The Morgan fingerprint density at radius 1 is 1.24 bits per heavy atom. The SMILES string of the molecule is NS(=O)(=O)c1ccc(CNC(=O)CCc2cn[nH]c2)cc1. The molecule has 112 valence electrons. The quantitative estimate of drug-likeness (QED) is 0.711. The van der Waals surface area contributed by atoms with Crippen molar-refractivity contribution in [2.45, 2.75) is 24.3 Å². The predicted molar refractivity (Wildman–Crippen MR) is 76.6 cm³/mol. The van der Waals surface area contributed by atoms with E-state index < -0.39 is 10.0 Å². The molecule has 0 aliphatic rings. The van der Waals surface area contributed by atoms with E-state index >= 15 is 0 Å². The van der Waals surface area contributed by atoms with Gasteiger partial charge < -0.3 is 5.32 Å². The number of nitrogens with one attached hydrogen (secondary N) is 2. The molecule has 0 spiro atoms. The first-order valence-corrected chi connectivity index (χ1v) is 7.86. The van der Waals surface area contributed by atoms with Crippen molar-refractivity contribution >= 4 is 15.9 Å². The number of nitrogens with zero attached hydrogens (tertiary/aromatic N) is 1. The summed E-state index contributed by atoms with van der Waals surface area (Å²) in [7, 11) is -3.68. The van der Waals surface area contributed by atoms with E-state index in [1.165, 1.54) is 12.1 Å². The second-order valence-corrected chi connectivity index (χ2v) is 6.13. The van der Waals surface area contributed by atoms with Crippen LogP contribution in [0, 0.1) is 0 Å². The van der Waals surface area contributed by atoms with Crippen molar-refractivity contribution < 1.29 is 13.2 Å². The maximum Gasteiger partial charge on any atom is 0.238 e. The van der Waals surface area contributed by atoms with Crippen LogP contribution in [0.15, 0.2) is 41.6 Å². The lowest BCUT2D eigenvalue weighted by molar-refractivity contribution is -0.121. The van der Waals surface area contributed by atoms with Crippen LogP contribution in [0.2, 0.25) is 0 Å². The summed E-state index contributed by atoms with van der Waals surface area (Å²) in [6.45, 7) is 0.342. The zero-order valence-corrected chi connectivity index (χ0v) is 12.1. The van der Waals surface area contributed by atoms with Gasteiger partial charge >= 0.3 is 0 Å². The molecule has 0 unspecified atom stereocenters. The number of aromatic nitrogens is 2. The monoisotopic (exact) mass is 308 g/mol. The van der Waals surface area contributed by atoms with E-state index in [-0.39, 0.29) is 10.8 Å². The van der Waals surface area contributed by atoms with Crippen LogP contribution in [-0.2, 0) is 27.8 Å². The second kappa shape index (κ2) is 6.51.